The van der Waals surface area contributed by atoms with Gasteiger partial charge in [0.25, 0.3) is 0 Å². The molecule has 0 aliphatic carbocycles. The Morgan fingerprint density at radius 1 is 0.475 bits per heavy atom. The van der Waals surface area contributed by atoms with Crippen LogP contribution in [0.15, 0.2) is 91.0 Å². The second-order valence-corrected chi connectivity index (χ2v) is 11.6. The molecule has 1 radical (unpaired) electrons. The van der Waals surface area contributed by atoms with E-state index in [0.717, 1.165) is 56.0 Å². The Morgan fingerprint density at radius 2 is 0.675 bits per heavy atom. The summed E-state index contributed by atoms with van der Waals surface area (Å²) in [4.78, 5) is 6.08. The van der Waals surface area contributed by atoms with Gasteiger partial charge in [0, 0.05) is 36.7 Å². The van der Waals surface area contributed by atoms with Gasteiger partial charge in [-0.15, -0.1) is 0 Å². The van der Waals surface area contributed by atoms with Crippen molar-refractivity contribution in [1.29, 1.82) is 0 Å². The van der Waals surface area contributed by atoms with Gasteiger partial charge < -0.3 is 52.6 Å². The summed E-state index contributed by atoms with van der Waals surface area (Å²) in [6.45, 7) is 9.15. The summed E-state index contributed by atoms with van der Waals surface area (Å²) in [7, 11) is 0. The van der Waals surface area contributed by atoms with E-state index in [0.29, 0.717) is 13.0 Å². The Bertz CT molecular complexity index is 963. The van der Waals surface area contributed by atoms with Crippen molar-refractivity contribution >= 4 is 105 Å². The number of nitrogens with zero attached hydrogens (tertiary/aromatic N) is 3. The number of hydrogen-bond donors (Lipinski definition) is 0. The Morgan fingerprint density at radius 3 is 0.825 bits per heavy atom. The summed E-state index contributed by atoms with van der Waals surface area (Å²) in [5.41, 5.74) is 3.35. The standard InChI is InChI=1S/3C10H13NS2.Fe/c3*1-2-8-11(10(12)13)9-6-4-3-5-7-9;/h3*3-7H,2,8H2,1H3,(H,12,13);/q;;;+3. The van der Waals surface area contributed by atoms with Gasteiger partial charge in [0.05, 0.1) is 0 Å². The zero-order chi connectivity index (χ0) is 29.0. The minimum absolute atomic E-state index is 0. The van der Waals surface area contributed by atoms with Crippen molar-refractivity contribution in [3.05, 3.63) is 91.0 Å². The maximum atomic E-state index is 5.05. The third kappa shape index (κ3) is 15.2. The van der Waals surface area contributed by atoms with E-state index in [1.54, 1.807) is 0 Å². The number of benzene rings is 3. The van der Waals surface area contributed by atoms with Crippen LogP contribution >= 0.6 is 0 Å². The summed E-state index contributed by atoms with van der Waals surface area (Å²) in [6, 6.07) is 30.2. The number of thiol groups is 3. The van der Waals surface area contributed by atoms with Crippen molar-refractivity contribution in [1.82, 2.24) is 0 Å². The second-order valence-electron chi connectivity index (χ2n) is 8.31. The largest absolute Gasteiger partial charge is 3.00 e. The van der Waals surface area contributed by atoms with Crippen LogP contribution in [0.1, 0.15) is 40.0 Å². The summed E-state index contributed by atoms with van der Waals surface area (Å²) in [5.74, 6) is 0. The molecule has 0 bridgehead atoms. The van der Waals surface area contributed by atoms with Crippen molar-refractivity contribution < 1.29 is 17.1 Å². The van der Waals surface area contributed by atoms with Crippen molar-refractivity contribution in [2.75, 3.05) is 34.3 Å². The predicted molar refractivity (Wildman–Crippen MR) is 196 cm³/mol. The van der Waals surface area contributed by atoms with E-state index in [1.807, 2.05) is 106 Å². The van der Waals surface area contributed by atoms with Crippen LogP contribution in [0.3, 0.4) is 0 Å². The fourth-order valence-corrected chi connectivity index (χ4v) is 4.74. The van der Waals surface area contributed by atoms with Crippen LogP contribution in [0.25, 0.3) is 0 Å². The Labute approximate surface area is 284 Å². The molecule has 3 nitrogen and oxygen atoms in total. The van der Waals surface area contributed by atoms with Gasteiger partial charge in [-0.25, -0.2) is 0 Å². The first-order valence-corrected chi connectivity index (χ1v) is 15.5. The number of anilines is 3. The molecule has 0 unspecified atom stereocenters. The van der Waals surface area contributed by atoms with E-state index in [9.17, 15) is 0 Å². The van der Waals surface area contributed by atoms with Crippen LogP contribution in [-0.2, 0) is 91.6 Å². The summed E-state index contributed by atoms with van der Waals surface area (Å²) in [5, 5.41) is 0. The molecule has 3 aromatic rings. The Kier molecular flexibility index (Phi) is 22.8. The number of para-hydroxylation sites is 3. The molecular formula is C30H39FeN3S6+3. The monoisotopic (exact) mass is 689 g/mol. The quantitative estimate of drug-likeness (QED) is 0.0967. The third-order valence-corrected chi connectivity index (χ3v) is 6.62. The Balaban J connectivity index is 0.000000563. The van der Waals surface area contributed by atoms with E-state index in [1.165, 1.54) is 0 Å². The van der Waals surface area contributed by atoms with Gasteiger partial charge in [-0.1, -0.05) is 75.4 Å². The molecule has 0 saturated heterocycles. The average Bonchev–Trinajstić information content (AvgIpc) is 2.95. The molecular weight excluding hydrogens is 651 g/mol. The molecule has 0 saturated carbocycles. The molecule has 0 fully saturated rings. The molecule has 215 valence electrons. The van der Waals surface area contributed by atoms with E-state index in [-0.39, 0.29) is 17.1 Å². The molecule has 0 amide bonds. The zero-order valence-corrected chi connectivity index (χ0v) is 29.4. The molecule has 0 spiro atoms. The van der Waals surface area contributed by atoms with Crippen molar-refractivity contribution in [2.45, 2.75) is 40.0 Å². The summed E-state index contributed by atoms with van der Waals surface area (Å²) < 4.78 is 1.90. The van der Waals surface area contributed by atoms with Crippen LogP contribution in [0.2, 0.25) is 0 Å². The van der Waals surface area contributed by atoms with Crippen molar-refractivity contribution in [2.24, 2.45) is 0 Å². The van der Waals surface area contributed by atoms with Crippen LogP contribution in [0, 0.1) is 0 Å². The molecule has 3 aromatic carbocycles. The van der Waals surface area contributed by atoms with E-state index in [4.69, 9.17) is 37.9 Å². The summed E-state index contributed by atoms with van der Waals surface area (Å²) >= 11 is 27.8. The molecule has 40 heavy (non-hydrogen) atoms. The summed E-state index contributed by atoms with van der Waals surface area (Å²) in [6.07, 6.45) is 3.20. The van der Waals surface area contributed by atoms with Gasteiger partial charge in [-0.2, -0.15) is 0 Å². The van der Waals surface area contributed by atoms with Crippen LogP contribution in [-0.4, -0.2) is 32.6 Å². The third-order valence-electron chi connectivity index (χ3n) is 5.24. The first kappa shape index (κ1) is 38.9. The van der Waals surface area contributed by atoms with Gasteiger partial charge in [-0.3, -0.25) is 0 Å². The molecule has 0 aliphatic rings. The van der Waals surface area contributed by atoms with Gasteiger partial charge in [0.1, 0.15) is 13.0 Å². The minimum atomic E-state index is 0. The fraction of sp³-hybridized carbons (Fsp3) is 0.300. The van der Waals surface area contributed by atoms with E-state index < -0.39 is 0 Å². The molecule has 0 aromatic heterocycles. The Hall–Kier alpha value is -1.10. The van der Waals surface area contributed by atoms with Crippen LogP contribution in [0.5, 0.6) is 0 Å². The predicted octanol–water partition coefficient (Wildman–Crippen LogP) is 5.45. The smallest absolute Gasteiger partial charge is 0.673 e. The van der Waals surface area contributed by atoms with Crippen LogP contribution in [0.4, 0.5) is 17.1 Å². The number of hydrogen-bond acceptors (Lipinski definition) is 3. The second kappa shape index (κ2) is 23.5. The van der Waals surface area contributed by atoms with Crippen LogP contribution < -0.4 is 14.7 Å². The molecule has 10 heteroatoms. The van der Waals surface area contributed by atoms with Crippen molar-refractivity contribution in [3.8, 4) is 0 Å². The maximum absolute atomic E-state index is 5.05. The van der Waals surface area contributed by atoms with Gasteiger partial charge in [0.2, 0.25) is 0 Å². The van der Waals surface area contributed by atoms with Gasteiger partial charge in [-0.05, 0) is 55.7 Å². The number of rotatable bonds is 9. The molecule has 0 atom stereocenters. The first-order chi connectivity index (χ1) is 18.8. The van der Waals surface area contributed by atoms with Crippen molar-refractivity contribution in [3.63, 3.8) is 0 Å². The maximum Gasteiger partial charge on any atom is 3.00 e. The zero-order valence-electron chi connectivity index (χ0n) is 23.2. The minimum Gasteiger partial charge on any atom is -0.673 e. The van der Waals surface area contributed by atoms with E-state index in [2.05, 4.69) is 57.4 Å². The first-order valence-electron chi connectivity index (χ1n) is 12.9. The fourth-order valence-electron chi connectivity index (χ4n) is 3.50. The molecule has 0 aliphatic heterocycles. The van der Waals surface area contributed by atoms with Gasteiger partial charge >= 0.3 is 17.1 Å². The SMILES string of the molecule is CCCN(C([S-])=[SH+])c1ccccc1.CCCN(C([S-])=[SH+])c1ccccc1.CCCN(C([S-])=[SH+])c1ccccc1.[Fe+3]. The topological polar surface area (TPSA) is 9.72 Å². The van der Waals surface area contributed by atoms with E-state index >= 15 is 0 Å². The van der Waals surface area contributed by atoms with Gasteiger partial charge in [0.15, 0.2) is 36.7 Å². The molecule has 0 heterocycles. The molecule has 0 N–H and O–H groups in total. The molecule has 3 rings (SSSR count). The average molecular weight is 690 g/mol. The normalized spacial score (nSPS) is 9.45.